The molecule has 1 aromatic rings. The van der Waals surface area contributed by atoms with Crippen LogP contribution in [0.5, 0.6) is 0 Å². The normalized spacial score (nSPS) is 29.3. The second kappa shape index (κ2) is 5.00. The smallest absolute Gasteiger partial charge is 0.123 e. The van der Waals surface area contributed by atoms with Crippen LogP contribution in [0.1, 0.15) is 45.6 Å². The Morgan fingerprint density at radius 3 is 2.33 bits per heavy atom. The highest BCUT2D eigenvalue weighted by molar-refractivity contribution is 5.26. The Bertz CT molecular complexity index is 396. The lowest BCUT2D eigenvalue weighted by molar-refractivity contribution is 0.0143. The van der Waals surface area contributed by atoms with Crippen molar-refractivity contribution in [2.45, 2.75) is 51.6 Å². The highest BCUT2D eigenvalue weighted by atomic mass is 19.1. The SMILES string of the molecule is CC1CCC(C(C)(C)c2ccc(F)cc2)C(O)C1. The van der Waals surface area contributed by atoms with E-state index < -0.39 is 0 Å². The Hall–Kier alpha value is -0.890. The van der Waals surface area contributed by atoms with E-state index in [-0.39, 0.29) is 23.3 Å². The maximum Gasteiger partial charge on any atom is 0.123 e. The fourth-order valence-electron chi connectivity index (χ4n) is 3.29. The molecule has 1 aliphatic carbocycles. The third-order valence-electron chi connectivity index (χ3n) is 4.59. The van der Waals surface area contributed by atoms with Crippen molar-refractivity contribution < 1.29 is 9.50 Å². The summed E-state index contributed by atoms with van der Waals surface area (Å²) in [7, 11) is 0. The van der Waals surface area contributed by atoms with Gasteiger partial charge in [-0.2, -0.15) is 0 Å². The van der Waals surface area contributed by atoms with Crippen LogP contribution in [-0.2, 0) is 5.41 Å². The third kappa shape index (κ3) is 2.59. The van der Waals surface area contributed by atoms with Crippen LogP contribution in [0.3, 0.4) is 0 Å². The highest BCUT2D eigenvalue weighted by Gasteiger charge is 2.39. The van der Waals surface area contributed by atoms with Crippen LogP contribution in [0.2, 0.25) is 0 Å². The number of aliphatic hydroxyl groups is 1. The molecule has 3 unspecified atom stereocenters. The molecule has 1 aliphatic rings. The summed E-state index contributed by atoms with van der Waals surface area (Å²) in [5.41, 5.74) is 1.01. The number of hydrogen-bond donors (Lipinski definition) is 1. The summed E-state index contributed by atoms with van der Waals surface area (Å²) in [6, 6.07) is 6.71. The van der Waals surface area contributed by atoms with E-state index in [1.807, 2.05) is 12.1 Å². The van der Waals surface area contributed by atoms with Crippen LogP contribution in [0, 0.1) is 17.7 Å². The van der Waals surface area contributed by atoms with Gasteiger partial charge in [0.1, 0.15) is 5.82 Å². The van der Waals surface area contributed by atoms with Crippen LogP contribution in [0.25, 0.3) is 0 Å². The molecule has 1 saturated carbocycles. The molecule has 0 aromatic heterocycles. The van der Waals surface area contributed by atoms with Crippen molar-refractivity contribution in [2.24, 2.45) is 11.8 Å². The molecule has 1 nitrogen and oxygen atoms in total. The van der Waals surface area contributed by atoms with Crippen molar-refractivity contribution in [3.8, 4) is 0 Å². The average Bonchev–Trinajstić information content (AvgIpc) is 2.29. The molecule has 0 radical (unpaired) electrons. The van der Waals surface area contributed by atoms with Gasteiger partial charge in [-0.15, -0.1) is 0 Å². The van der Waals surface area contributed by atoms with Crippen molar-refractivity contribution in [1.29, 1.82) is 0 Å². The van der Waals surface area contributed by atoms with E-state index in [1.54, 1.807) is 0 Å². The molecule has 1 fully saturated rings. The molecule has 100 valence electrons. The fourth-order valence-corrected chi connectivity index (χ4v) is 3.29. The highest BCUT2D eigenvalue weighted by Crippen LogP contribution is 2.42. The second-order valence-electron chi connectivity index (χ2n) is 6.32. The van der Waals surface area contributed by atoms with Crippen LogP contribution < -0.4 is 0 Å². The van der Waals surface area contributed by atoms with Crippen molar-refractivity contribution in [3.05, 3.63) is 35.6 Å². The van der Waals surface area contributed by atoms with E-state index in [1.165, 1.54) is 18.6 Å². The van der Waals surface area contributed by atoms with Gasteiger partial charge in [-0.3, -0.25) is 0 Å². The molecule has 3 atom stereocenters. The maximum absolute atomic E-state index is 13.0. The summed E-state index contributed by atoms with van der Waals surface area (Å²) in [6.07, 6.45) is 2.86. The lowest BCUT2D eigenvalue weighted by Gasteiger charge is -2.42. The summed E-state index contributed by atoms with van der Waals surface area (Å²) < 4.78 is 13.0. The van der Waals surface area contributed by atoms with E-state index in [0.29, 0.717) is 5.92 Å². The van der Waals surface area contributed by atoms with Crippen LogP contribution in [0.15, 0.2) is 24.3 Å². The zero-order valence-corrected chi connectivity index (χ0v) is 11.5. The number of aliphatic hydroxyl groups excluding tert-OH is 1. The minimum absolute atomic E-state index is 0.104. The topological polar surface area (TPSA) is 20.2 Å². The van der Waals surface area contributed by atoms with Gasteiger partial charge >= 0.3 is 0 Å². The van der Waals surface area contributed by atoms with E-state index in [4.69, 9.17) is 0 Å². The molecule has 1 N–H and O–H groups in total. The van der Waals surface area contributed by atoms with Crippen molar-refractivity contribution in [3.63, 3.8) is 0 Å². The van der Waals surface area contributed by atoms with E-state index in [9.17, 15) is 9.50 Å². The average molecular weight is 250 g/mol. The predicted octanol–water partition coefficient (Wildman–Crippen LogP) is 3.90. The largest absolute Gasteiger partial charge is 0.393 e. The molecule has 2 rings (SSSR count). The fraction of sp³-hybridized carbons (Fsp3) is 0.625. The predicted molar refractivity (Wildman–Crippen MR) is 71.9 cm³/mol. The Balaban J connectivity index is 2.22. The van der Waals surface area contributed by atoms with Crippen molar-refractivity contribution >= 4 is 0 Å². The molecule has 0 saturated heterocycles. The molecule has 0 amide bonds. The van der Waals surface area contributed by atoms with E-state index >= 15 is 0 Å². The van der Waals surface area contributed by atoms with Gasteiger partial charge in [0.15, 0.2) is 0 Å². The molecule has 2 heteroatoms. The summed E-state index contributed by atoms with van der Waals surface area (Å²) in [4.78, 5) is 0. The summed E-state index contributed by atoms with van der Waals surface area (Å²) in [5, 5.41) is 10.3. The van der Waals surface area contributed by atoms with Crippen LogP contribution >= 0.6 is 0 Å². The standard InChI is InChI=1S/C16H23FO/c1-11-4-9-14(15(18)10-11)16(2,3)12-5-7-13(17)8-6-12/h5-8,11,14-15,18H,4,9-10H2,1-3H3. The second-order valence-corrected chi connectivity index (χ2v) is 6.32. The molecular weight excluding hydrogens is 227 g/mol. The Kier molecular flexibility index (Phi) is 3.76. The monoisotopic (exact) mass is 250 g/mol. The zero-order chi connectivity index (χ0) is 13.3. The molecule has 0 heterocycles. The molecule has 1 aromatic carbocycles. The summed E-state index contributed by atoms with van der Waals surface area (Å²) >= 11 is 0. The Morgan fingerprint density at radius 2 is 1.78 bits per heavy atom. The minimum atomic E-state index is -0.242. The quantitative estimate of drug-likeness (QED) is 0.844. The zero-order valence-electron chi connectivity index (χ0n) is 11.5. The molecule has 0 spiro atoms. The first-order valence-corrected chi connectivity index (χ1v) is 6.85. The number of rotatable bonds is 2. The Labute approximate surface area is 109 Å². The molecular formula is C16H23FO. The summed E-state index contributed by atoms with van der Waals surface area (Å²) in [6.45, 7) is 6.51. The number of benzene rings is 1. The molecule has 0 aliphatic heterocycles. The number of hydrogen-bond acceptors (Lipinski definition) is 1. The molecule has 18 heavy (non-hydrogen) atoms. The van der Waals surface area contributed by atoms with Gasteiger partial charge in [-0.25, -0.2) is 4.39 Å². The van der Waals surface area contributed by atoms with Gasteiger partial charge in [0, 0.05) is 0 Å². The van der Waals surface area contributed by atoms with Gasteiger partial charge in [0.2, 0.25) is 0 Å². The van der Waals surface area contributed by atoms with Gasteiger partial charge in [-0.1, -0.05) is 39.3 Å². The summed E-state index contributed by atoms with van der Waals surface area (Å²) in [5.74, 6) is 0.673. The molecule has 0 bridgehead atoms. The number of halogens is 1. The van der Waals surface area contributed by atoms with Crippen LogP contribution in [-0.4, -0.2) is 11.2 Å². The van der Waals surface area contributed by atoms with Crippen molar-refractivity contribution in [1.82, 2.24) is 0 Å². The lowest BCUT2D eigenvalue weighted by atomic mass is 9.64. The van der Waals surface area contributed by atoms with Gasteiger partial charge in [0.25, 0.3) is 0 Å². The maximum atomic E-state index is 13.0. The van der Waals surface area contributed by atoms with Crippen molar-refractivity contribution in [2.75, 3.05) is 0 Å². The lowest BCUT2D eigenvalue weighted by Crippen LogP contribution is -2.41. The van der Waals surface area contributed by atoms with E-state index in [0.717, 1.165) is 18.4 Å². The van der Waals surface area contributed by atoms with Gasteiger partial charge < -0.3 is 5.11 Å². The Morgan fingerprint density at radius 1 is 1.17 bits per heavy atom. The van der Waals surface area contributed by atoms with Gasteiger partial charge in [0.05, 0.1) is 6.10 Å². The minimum Gasteiger partial charge on any atom is -0.393 e. The first-order valence-electron chi connectivity index (χ1n) is 6.85. The van der Waals surface area contributed by atoms with Gasteiger partial charge in [-0.05, 0) is 47.8 Å². The first kappa shape index (κ1) is 13.5. The third-order valence-corrected chi connectivity index (χ3v) is 4.59. The van der Waals surface area contributed by atoms with E-state index in [2.05, 4.69) is 20.8 Å². The van der Waals surface area contributed by atoms with Crippen LogP contribution in [0.4, 0.5) is 4.39 Å². The first-order chi connectivity index (χ1) is 8.41.